The highest BCUT2D eigenvalue weighted by Gasteiger charge is 2.31. The maximum Gasteiger partial charge on any atom is 0.573 e. The topological polar surface area (TPSA) is 59.4 Å². The van der Waals surface area contributed by atoms with Gasteiger partial charge in [0.05, 0.1) is 11.3 Å². The predicted octanol–water partition coefficient (Wildman–Crippen LogP) is 3.35. The average molecular weight is 283 g/mol. The fraction of sp³-hybridized carbons (Fsp3) is 0.0769. The Hall–Kier alpha value is -2.57. The molecule has 7 heteroatoms. The molecule has 2 rings (SSSR count). The molecule has 0 saturated carbocycles. The van der Waals surface area contributed by atoms with Gasteiger partial charge in [-0.1, -0.05) is 12.1 Å². The zero-order chi connectivity index (χ0) is 14.8. The number of halogens is 3. The number of ether oxygens (including phenoxy) is 1. The number of aromatic carboxylic acids is 1. The van der Waals surface area contributed by atoms with Gasteiger partial charge in [0.2, 0.25) is 0 Å². The van der Waals surface area contributed by atoms with E-state index >= 15 is 0 Å². The largest absolute Gasteiger partial charge is 0.573 e. The van der Waals surface area contributed by atoms with Crippen molar-refractivity contribution in [2.45, 2.75) is 6.36 Å². The minimum Gasteiger partial charge on any atom is -0.478 e. The van der Waals surface area contributed by atoms with Crippen molar-refractivity contribution in [3.8, 4) is 17.0 Å². The number of nitrogens with zero attached hydrogens (tertiary/aromatic N) is 1. The van der Waals surface area contributed by atoms with E-state index in [1.165, 1.54) is 30.5 Å². The Morgan fingerprint density at radius 1 is 1.15 bits per heavy atom. The molecule has 4 nitrogen and oxygen atoms in total. The summed E-state index contributed by atoms with van der Waals surface area (Å²) in [6, 6.07) is 7.82. The lowest BCUT2D eigenvalue weighted by Crippen LogP contribution is -2.17. The molecule has 0 bridgehead atoms. The van der Waals surface area contributed by atoms with E-state index in [0.717, 1.165) is 12.1 Å². The Morgan fingerprint density at radius 3 is 2.35 bits per heavy atom. The summed E-state index contributed by atoms with van der Waals surface area (Å²) in [6.45, 7) is 0. The third-order valence-corrected chi connectivity index (χ3v) is 2.39. The fourth-order valence-electron chi connectivity index (χ4n) is 1.55. The lowest BCUT2D eigenvalue weighted by Gasteiger charge is -2.09. The van der Waals surface area contributed by atoms with Gasteiger partial charge in [-0.25, -0.2) is 4.79 Å². The molecule has 1 N–H and O–H groups in total. The number of carbonyl (C=O) groups is 1. The minimum absolute atomic E-state index is 0.0800. The van der Waals surface area contributed by atoms with Crippen molar-refractivity contribution >= 4 is 5.97 Å². The fourth-order valence-corrected chi connectivity index (χ4v) is 1.55. The number of carboxylic acids is 1. The molecule has 0 aliphatic carbocycles. The van der Waals surface area contributed by atoms with Crippen LogP contribution < -0.4 is 4.74 Å². The van der Waals surface area contributed by atoms with E-state index in [2.05, 4.69) is 9.72 Å². The standard InChI is InChI=1S/C13H8F3NO3/c14-13(15,16)20-10-5-6-17-11(7-10)8-1-3-9(4-2-8)12(18)19/h1-7H,(H,18,19). The van der Waals surface area contributed by atoms with E-state index in [0.29, 0.717) is 5.56 Å². The second-order valence-corrected chi connectivity index (χ2v) is 3.81. The van der Waals surface area contributed by atoms with Crippen molar-refractivity contribution in [2.24, 2.45) is 0 Å². The van der Waals surface area contributed by atoms with Gasteiger partial charge < -0.3 is 9.84 Å². The van der Waals surface area contributed by atoms with E-state index in [9.17, 15) is 18.0 Å². The van der Waals surface area contributed by atoms with Crippen molar-refractivity contribution in [1.82, 2.24) is 4.98 Å². The lowest BCUT2D eigenvalue weighted by molar-refractivity contribution is -0.274. The molecular formula is C13H8F3NO3. The number of hydrogen-bond acceptors (Lipinski definition) is 3. The average Bonchev–Trinajstić information content (AvgIpc) is 2.37. The van der Waals surface area contributed by atoms with E-state index < -0.39 is 12.3 Å². The van der Waals surface area contributed by atoms with Gasteiger partial charge in [-0.15, -0.1) is 13.2 Å². The molecule has 1 heterocycles. The van der Waals surface area contributed by atoms with Gasteiger partial charge in [0.25, 0.3) is 0 Å². The van der Waals surface area contributed by atoms with E-state index in [4.69, 9.17) is 5.11 Å². The summed E-state index contributed by atoms with van der Waals surface area (Å²) in [6.07, 6.45) is -3.59. The third-order valence-electron chi connectivity index (χ3n) is 2.39. The highest BCUT2D eigenvalue weighted by atomic mass is 19.4. The van der Waals surface area contributed by atoms with Gasteiger partial charge in [-0.3, -0.25) is 4.98 Å². The molecule has 1 aromatic carbocycles. The van der Waals surface area contributed by atoms with Crippen LogP contribution in [0.5, 0.6) is 5.75 Å². The first-order valence-electron chi connectivity index (χ1n) is 5.41. The van der Waals surface area contributed by atoms with E-state index in [1.54, 1.807) is 0 Å². The lowest BCUT2D eigenvalue weighted by atomic mass is 10.1. The quantitative estimate of drug-likeness (QED) is 0.938. The second-order valence-electron chi connectivity index (χ2n) is 3.81. The zero-order valence-electron chi connectivity index (χ0n) is 9.89. The number of benzene rings is 1. The molecule has 0 saturated heterocycles. The van der Waals surface area contributed by atoms with Crippen LogP contribution in [0.4, 0.5) is 13.2 Å². The third kappa shape index (κ3) is 3.47. The van der Waals surface area contributed by atoms with Crippen LogP contribution >= 0.6 is 0 Å². The first kappa shape index (κ1) is 13.9. The maximum absolute atomic E-state index is 12.1. The Kier molecular flexibility index (Phi) is 3.60. The maximum atomic E-state index is 12.1. The van der Waals surface area contributed by atoms with Crippen LogP contribution in [0.25, 0.3) is 11.3 Å². The number of alkyl halides is 3. The number of pyridine rings is 1. The molecule has 0 radical (unpaired) electrons. The summed E-state index contributed by atoms with van der Waals surface area (Å²) in [5.41, 5.74) is 0.822. The summed E-state index contributed by atoms with van der Waals surface area (Å²) in [4.78, 5) is 14.6. The van der Waals surface area contributed by atoms with Crippen LogP contribution in [-0.2, 0) is 0 Å². The van der Waals surface area contributed by atoms with Crippen LogP contribution in [0.2, 0.25) is 0 Å². The highest BCUT2D eigenvalue weighted by molar-refractivity contribution is 5.88. The van der Waals surface area contributed by atoms with E-state index in [-0.39, 0.29) is 17.0 Å². The van der Waals surface area contributed by atoms with Gasteiger partial charge in [0.1, 0.15) is 5.75 Å². The van der Waals surface area contributed by atoms with Crippen LogP contribution in [0.1, 0.15) is 10.4 Å². The summed E-state index contributed by atoms with van der Waals surface area (Å²) in [5, 5.41) is 8.76. The molecule has 0 amide bonds. The number of rotatable bonds is 3. The molecule has 0 spiro atoms. The summed E-state index contributed by atoms with van der Waals surface area (Å²) < 4.78 is 40.1. The molecular weight excluding hydrogens is 275 g/mol. The number of carboxylic acid groups (broad SMARTS) is 1. The van der Waals surface area contributed by atoms with Crippen LogP contribution in [0.15, 0.2) is 42.6 Å². The molecule has 0 aliphatic heterocycles. The first-order chi connectivity index (χ1) is 9.35. The molecule has 0 atom stereocenters. The van der Waals surface area contributed by atoms with Gasteiger partial charge in [-0.2, -0.15) is 0 Å². The molecule has 2 aromatic rings. The second kappa shape index (κ2) is 5.20. The SMILES string of the molecule is O=C(O)c1ccc(-c2cc(OC(F)(F)F)ccn2)cc1. The number of hydrogen-bond donors (Lipinski definition) is 1. The van der Waals surface area contributed by atoms with Crippen molar-refractivity contribution in [1.29, 1.82) is 0 Å². The van der Waals surface area contributed by atoms with Gasteiger partial charge in [-0.05, 0) is 18.2 Å². The van der Waals surface area contributed by atoms with Gasteiger partial charge >= 0.3 is 12.3 Å². The molecule has 0 fully saturated rings. The highest BCUT2D eigenvalue weighted by Crippen LogP contribution is 2.26. The first-order valence-corrected chi connectivity index (χ1v) is 5.41. The molecule has 20 heavy (non-hydrogen) atoms. The molecule has 0 unspecified atom stereocenters. The monoisotopic (exact) mass is 283 g/mol. The molecule has 104 valence electrons. The van der Waals surface area contributed by atoms with Crippen molar-refractivity contribution in [2.75, 3.05) is 0 Å². The van der Waals surface area contributed by atoms with Crippen molar-refractivity contribution in [3.63, 3.8) is 0 Å². The van der Waals surface area contributed by atoms with Crippen molar-refractivity contribution < 1.29 is 27.8 Å². The van der Waals surface area contributed by atoms with Gasteiger partial charge in [0, 0.05) is 17.8 Å². The van der Waals surface area contributed by atoms with E-state index in [1.807, 2.05) is 0 Å². The van der Waals surface area contributed by atoms with Crippen LogP contribution in [0, 0.1) is 0 Å². The summed E-state index contributed by atoms with van der Waals surface area (Å²) >= 11 is 0. The minimum atomic E-state index is -4.77. The smallest absolute Gasteiger partial charge is 0.478 e. The normalized spacial score (nSPS) is 11.2. The molecule has 0 aliphatic rings. The van der Waals surface area contributed by atoms with Crippen molar-refractivity contribution in [3.05, 3.63) is 48.2 Å². The Morgan fingerprint density at radius 2 is 1.80 bits per heavy atom. The van der Waals surface area contributed by atoms with Crippen LogP contribution in [0.3, 0.4) is 0 Å². The summed E-state index contributed by atoms with van der Waals surface area (Å²) in [5.74, 6) is -1.47. The molecule has 1 aromatic heterocycles. The Labute approximate surface area is 111 Å². The zero-order valence-corrected chi connectivity index (χ0v) is 9.89. The summed E-state index contributed by atoms with van der Waals surface area (Å²) in [7, 11) is 0. The Balaban J connectivity index is 2.28. The predicted molar refractivity (Wildman–Crippen MR) is 63.3 cm³/mol. The van der Waals surface area contributed by atoms with Crippen LogP contribution in [-0.4, -0.2) is 22.4 Å². The Bertz CT molecular complexity index is 624. The number of aromatic nitrogens is 1. The van der Waals surface area contributed by atoms with Gasteiger partial charge in [0.15, 0.2) is 0 Å².